The highest BCUT2D eigenvalue weighted by atomic mass is 16.5. The van der Waals surface area contributed by atoms with Crippen molar-refractivity contribution in [3.8, 4) is 5.75 Å². The lowest BCUT2D eigenvalue weighted by molar-refractivity contribution is -0.134. The molecule has 0 aliphatic carbocycles. The lowest BCUT2D eigenvalue weighted by Crippen LogP contribution is -2.39. The van der Waals surface area contributed by atoms with Crippen LogP contribution >= 0.6 is 0 Å². The van der Waals surface area contributed by atoms with E-state index in [0.29, 0.717) is 6.54 Å². The zero-order chi connectivity index (χ0) is 18.0. The first-order chi connectivity index (χ1) is 12.0. The maximum Gasteiger partial charge on any atom is 0.247 e. The van der Waals surface area contributed by atoms with Gasteiger partial charge in [0.1, 0.15) is 11.8 Å². The first kappa shape index (κ1) is 17.3. The summed E-state index contributed by atoms with van der Waals surface area (Å²) in [7, 11) is 1.67. The van der Waals surface area contributed by atoms with E-state index >= 15 is 0 Å². The molecule has 5 nitrogen and oxygen atoms in total. The summed E-state index contributed by atoms with van der Waals surface area (Å²) < 4.78 is 7.02. The normalized spacial score (nSPS) is 15.7. The molecule has 1 aromatic carbocycles. The zero-order valence-corrected chi connectivity index (χ0v) is 15.3. The van der Waals surface area contributed by atoms with Crippen LogP contribution in [0.25, 0.3) is 5.57 Å². The molecule has 0 unspecified atom stereocenters. The SMILES string of the molecule is COc1ccc(C2=CCN(C(=O)[C@@H](C)n3nc(C)cc3C)CC2)cc1. The van der Waals surface area contributed by atoms with Crippen molar-refractivity contribution in [2.24, 2.45) is 0 Å². The van der Waals surface area contributed by atoms with Gasteiger partial charge in [-0.1, -0.05) is 18.2 Å². The van der Waals surface area contributed by atoms with Gasteiger partial charge in [-0.15, -0.1) is 0 Å². The maximum atomic E-state index is 12.8. The van der Waals surface area contributed by atoms with Crippen LogP contribution in [0.3, 0.4) is 0 Å². The number of nitrogens with zero attached hydrogens (tertiary/aromatic N) is 3. The minimum atomic E-state index is -0.273. The van der Waals surface area contributed by atoms with Gasteiger partial charge in [0.05, 0.1) is 12.8 Å². The number of ether oxygens (including phenoxy) is 1. The quantitative estimate of drug-likeness (QED) is 0.858. The Hall–Kier alpha value is -2.56. The van der Waals surface area contributed by atoms with Crippen LogP contribution < -0.4 is 4.74 Å². The summed E-state index contributed by atoms with van der Waals surface area (Å²) in [6.07, 6.45) is 3.01. The van der Waals surface area contributed by atoms with Crippen molar-refractivity contribution in [3.63, 3.8) is 0 Å². The van der Waals surface area contributed by atoms with E-state index in [2.05, 4.69) is 23.3 Å². The standard InChI is InChI=1S/C20H25N3O2/c1-14-13-15(2)23(21-14)16(3)20(24)22-11-9-18(10-12-22)17-5-7-19(25-4)8-6-17/h5-9,13,16H,10-12H2,1-4H3/t16-/m1/s1. The predicted molar refractivity (Wildman–Crippen MR) is 98.6 cm³/mol. The van der Waals surface area contributed by atoms with E-state index in [1.165, 1.54) is 11.1 Å². The smallest absolute Gasteiger partial charge is 0.247 e. The molecule has 0 saturated carbocycles. The summed E-state index contributed by atoms with van der Waals surface area (Å²) in [5, 5.41) is 4.45. The minimum absolute atomic E-state index is 0.122. The number of amides is 1. The van der Waals surface area contributed by atoms with Crippen LogP contribution in [0.2, 0.25) is 0 Å². The van der Waals surface area contributed by atoms with Crippen LogP contribution in [-0.4, -0.2) is 40.8 Å². The molecule has 1 aromatic heterocycles. The molecule has 132 valence electrons. The molecule has 1 amide bonds. The number of hydrogen-bond acceptors (Lipinski definition) is 3. The molecular formula is C20H25N3O2. The second-order valence-corrected chi connectivity index (χ2v) is 6.54. The zero-order valence-electron chi connectivity index (χ0n) is 15.3. The summed E-state index contributed by atoms with van der Waals surface area (Å²) in [4.78, 5) is 14.7. The molecule has 1 aliphatic heterocycles. The lowest BCUT2D eigenvalue weighted by atomic mass is 9.99. The summed E-state index contributed by atoms with van der Waals surface area (Å²) in [6.45, 7) is 7.24. The first-order valence-corrected chi connectivity index (χ1v) is 8.64. The number of aryl methyl sites for hydroxylation is 2. The number of hydrogen-bond donors (Lipinski definition) is 0. The fourth-order valence-electron chi connectivity index (χ4n) is 3.34. The number of rotatable bonds is 4. The highest BCUT2D eigenvalue weighted by Gasteiger charge is 2.25. The van der Waals surface area contributed by atoms with E-state index in [0.717, 1.165) is 30.1 Å². The molecule has 3 rings (SSSR count). The van der Waals surface area contributed by atoms with Crippen molar-refractivity contribution in [2.75, 3.05) is 20.2 Å². The highest BCUT2D eigenvalue weighted by Crippen LogP contribution is 2.25. The van der Waals surface area contributed by atoms with Gasteiger partial charge in [-0.2, -0.15) is 5.10 Å². The van der Waals surface area contributed by atoms with E-state index in [9.17, 15) is 4.79 Å². The molecule has 0 radical (unpaired) electrons. The van der Waals surface area contributed by atoms with Crippen LogP contribution in [-0.2, 0) is 4.79 Å². The second kappa shape index (κ2) is 7.13. The molecule has 0 saturated heterocycles. The van der Waals surface area contributed by atoms with Gasteiger partial charge in [0, 0.05) is 18.8 Å². The van der Waals surface area contributed by atoms with E-state index in [4.69, 9.17) is 4.74 Å². The Labute approximate surface area is 148 Å². The molecule has 0 N–H and O–H groups in total. The number of benzene rings is 1. The Morgan fingerprint density at radius 3 is 2.48 bits per heavy atom. The molecule has 0 fully saturated rings. The number of aromatic nitrogens is 2. The van der Waals surface area contributed by atoms with Crippen molar-refractivity contribution >= 4 is 11.5 Å². The summed E-state index contributed by atoms with van der Waals surface area (Å²) >= 11 is 0. The van der Waals surface area contributed by atoms with Gasteiger partial charge < -0.3 is 9.64 Å². The van der Waals surface area contributed by atoms with Gasteiger partial charge in [0.15, 0.2) is 0 Å². The van der Waals surface area contributed by atoms with E-state index in [1.807, 2.05) is 48.6 Å². The van der Waals surface area contributed by atoms with Crippen LogP contribution in [0.1, 0.15) is 36.3 Å². The largest absolute Gasteiger partial charge is 0.497 e. The highest BCUT2D eigenvalue weighted by molar-refractivity contribution is 5.81. The molecule has 0 spiro atoms. The van der Waals surface area contributed by atoms with Crippen LogP contribution in [0.4, 0.5) is 0 Å². The fourth-order valence-corrected chi connectivity index (χ4v) is 3.34. The number of carbonyl (C=O) groups excluding carboxylic acids is 1. The third-order valence-corrected chi connectivity index (χ3v) is 4.75. The summed E-state index contributed by atoms with van der Waals surface area (Å²) in [6, 6.07) is 9.81. The Kier molecular flexibility index (Phi) is 4.93. The lowest BCUT2D eigenvalue weighted by Gasteiger charge is -2.29. The van der Waals surface area contributed by atoms with E-state index in [-0.39, 0.29) is 11.9 Å². The Morgan fingerprint density at radius 2 is 1.96 bits per heavy atom. The van der Waals surface area contributed by atoms with Gasteiger partial charge in [-0.3, -0.25) is 9.48 Å². The van der Waals surface area contributed by atoms with E-state index < -0.39 is 0 Å². The van der Waals surface area contributed by atoms with Gasteiger partial charge in [-0.05, 0) is 56.5 Å². The maximum absolute atomic E-state index is 12.8. The van der Waals surface area contributed by atoms with Gasteiger partial charge in [0.2, 0.25) is 5.91 Å². The van der Waals surface area contributed by atoms with Gasteiger partial charge in [-0.25, -0.2) is 0 Å². The van der Waals surface area contributed by atoms with Crippen molar-refractivity contribution in [3.05, 3.63) is 53.4 Å². The van der Waals surface area contributed by atoms with Crippen LogP contribution in [0, 0.1) is 13.8 Å². The van der Waals surface area contributed by atoms with Gasteiger partial charge in [0.25, 0.3) is 0 Å². The van der Waals surface area contributed by atoms with Crippen LogP contribution in [0.15, 0.2) is 36.4 Å². The van der Waals surface area contributed by atoms with Gasteiger partial charge >= 0.3 is 0 Å². The van der Waals surface area contributed by atoms with E-state index in [1.54, 1.807) is 7.11 Å². The minimum Gasteiger partial charge on any atom is -0.497 e. The molecule has 2 heterocycles. The topological polar surface area (TPSA) is 47.4 Å². The average Bonchev–Trinajstić information content (AvgIpc) is 2.99. The first-order valence-electron chi connectivity index (χ1n) is 8.64. The Balaban J connectivity index is 1.68. The predicted octanol–water partition coefficient (Wildman–Crippen LogP) is 3.39. The van der Waals surface area contributed by atoms with Crippen molar-refractivity contribution in [1.29, 1.82) is 0 Å². The van der Waals surface area contributed by atoms with Crippen molar-refractivity contribution in [2.45, 2.75) is 33.2 Å². The summed E-state index contributed by atoms with van der Waals surface area (Å²) in [5.74, 6) is 0.979. The number of carbonyl (C=O) groups is 1. The molecule has 2 aromatic rings. The molecule has 1 aliphatic rings. The third kappa shape index (κ3) is 3.60. The summed E-state index contributed by atoms with van der Waals surface area (Å²) in [5.41, 5.74) is 4.44. The van der Waals surface area contributed by atoms with Crippen molar-refractivity contribution < 1.29 is 9.53 Å². The molecule has 1 atom stereocenters. The van der Waals surface area contributed by atoms with Crippen molar-refractivity contribution in [1.82, 2.24) is 14.7 Å². The number of methoxy groups -OCH3 is 1. The molecular weight excluding hydrogens is 314 g/mol. The molecule has 0 bridgehead atoms. The average molecular weight is 339 g/mol. The molecule has 25 heavy (non-hydrogen) atoms. The Bertz CT molecular complexity index is 790. The third-order valence-electron chi connectivity index (χ3n) is 4.75. The second-order valence-electron chi connectivity index (χ2n) is 6.54. The Morgan fingerprint density at radius 1 is 1.24 bits per heavy atom. The molecule has 5 heteroatoms. The van der Waals surface area contributed by atoms with Crippen LogP contribution in [0.5, 0.6) is 5.75 Å². The monoisotopic (exact) mass is 339 g/mol. The fraction of sp³-hybridized carbons (Fsp3) is 0.400.